The van der Waals surface area contributed by atoms with E-state index in [0.717, 1.165) is 19.3 Å². The van der Waals surface area contributed by atoms with E-state index in [0.29, 0.717) is 19.6 Å². The van der Waals surface area contributed by atoms with Crippen LogP contribution in [0.2, 0.25) is 10.0 Å². The van der Waals surface area contributed by atoms with Crippen LogP contribution in [0.3, 0.4) is 0 Å². The molecule has 1 amide bonds. The first-order chi connectivity index (χ1) is 15.5. The number of halogens is 2. The number of benzene rings is 1. The maximum absolute atomic E-state index is 13.1. The lowest BCUT2D eigenvalue weighted by atomic mass is 10.2. The number of aryl methyl sites for hydroxylation is 1. The Morgan fingerprint density at radius 3 is 2.42 bits per heavy atom. The average Bonchev–Trinajstić information content (AvgIpc) is 3.16. The highest BCUT2D eigenvalue weighted by Crippen LogP contribution is 2.32. The molecule has 0 atom stereocenters. The Morgan fingerprint density at radius 1 is 1.15 bits per heavy atom. The van der Waals surface area contributed by atoms with Crippen LogP contribution in [-0.2, 0) is 21.3 Å². The minimum absolute atomic E-state index is 0.0238. The fraction of sp³-hybridized carbons (Fsp3) is 0.476. The van der Waals surface area contributed by atoms with Crippen molar-refractivity contribution in [1.29, 1.82) is 0 Å². The minimum Gasteiger partial charge on any atom is -0.458 e. The lowest BCUT2D eigenvalue weighted by molar-refractivity contribution is 0.0371. The van der Waals surface area contributed by atoms with Crippen molar-refractivity contribution in [2.24, 2.45) is 0 Å². The Kier molecular flexibility index (Phi) is 8.04. The monoisotopic (exact) mass is 516 g/mol. The van der Waals surface area contributed by atoms with Crippen molar-refractivity contribution in [2.75, 3.05) is 18.4 Å². The van der Waals surface area contributed by atoms with Crippen molar-refractivity contribution in [3.8, 4) is 0 Å². The minimum atomic E-state index is -3.90. The van der Waals surface area contributed by atoms with Crippen molar-refractivity contribution in [1.82, 2.24) is 14.1 Å². The number of piperidine rings is 1. The van der Waals surface area contributed by atoms with Gasteiger partial charge in [0.05, 0.1) is 27.4 Å². The van der Waals surface area contributed by atoms with Crippen LogP contribution in [-0.4, -0.2) is 53.6 Å². The number of nitrogens with one attached hydrogen (secondary N) is 1. The second kappa shape index (κ2) is 10.4. The summed E-state index contributed by atoms with van der Waals surface area (Å²) >= 11 is 12.4. The molecule has 1 aromatic carbocycles. The van der Waals surface area contributed by atoms with Gasteiger partial charge >= 0.3 is 5.97 Å². The van der Waals surface area contributed by atoms with E-state index in [1.54, 1.807) is 13.8 Å². The van der Waals surface area contributed by atoms with Crippen molar-refractivity contribution in [2.45, 2.75) is 57.6 Å². The third-order valence-electron chi connectivity index (χ3n) is 5.07. The highest BCUT2D eigenvalue weighted by Gasteiger charge is 2.30. The van der Waals surface area contributed by atoms with Gasteiger partial charge in [-0.25, -0.2) is 13.2 Å². The predicted molar refractivity (Wildman–Crippen MR) is 125 cm³/mol. The van der Waals surface area contributed by atoms with Crippen LogP contribution in [0.25, 0.3) is 0 Å². The molecule has 2 aromatic rings. The number of amides is 1. The number of rotatable bonds is 7. The van der Waals surface area contributed by atoms with Gasteiger partial charge in [-0.05, 0) is 45.7 Å². The van der Waals surface area contributed by atoms with E-state index in [9.17, 15) is 18.0 Å². The molecule has 12 heteroatoms. The van der Waals surface area contributed by atoms with Gasteiger partial charge in [0.15, 0.2) is 5.69 Å². The van der Waals surface area contributed by atoms with Crippen LogP contribution in [0.1, 0.15) is 60.9 Å². The smallest absolute Gasteiger partial charge is 0.361 e. The third kappa shape index (κ3) is 5.68. The number of carbonyl (C=O) groups is 2. The fourth-order valence-corrected chi connectivity index (χ4v) is 5.78. The van der Waals surface area contributed by atoms with E-state index < -0.39 is 21.9 Å². The van der Waals surface area contributed by atoms with Crippen molar-refractivity contribution in [3.63, 3.8) is 0 Å². The molecule has 1 saturated heterocycles. The molecule has 2 heterocycles. The Hall–Kier alpha value is -2.14. The normalized spacial score (nSPS) is 15.0. The molecule has 3 rings (SSSR count). The molecule has 1 aromatic heterocycles. The zero-order valence-electron chi connectivity index (χ0n) is 18.6. The molecule has 33 heavy (non-hydrogen) atoms. The fourth-order valence-electron chi connectivity index (χ4n) is 3.43. The molecule has 0 spiro atoms. The standard InChI is InChI=1S/C21H26Cl2N4O5S/c1-4-26-12-17(19(25-26)21(29)32-13(2)3)24-20(28)14-10-18(16(23)11-15(14)22)33(30,31)27-8-6-5-7-9-27/h10-13H,4-9H2,1-3H3,(H,24,28). The Bertz CT molecular complexity index is 1160. The van der Waals surface area contributed by atoms with E-state index in [1.165, 1.54) is 27.3 Å². The van der Waals surface area contributed by atoms with Gasteiger partial charge in [-0.3, -0.25) is 9.48 Å². The van der Waals surface area contributed by atoms with E-state index in [1.807, 2.05) is 6.92 Å². The number of hydrogen-bond acceptors (Lipinski definition) is 6. The number of esters is 1. The van der Waals surface area contributed by atoms with Crippen molar-refractivity contribution < 1.29 is 22.7 Å². The summed E-state index contributed by atoms with van der Waals surface area (Å²) in [5.41, 5.74) is -0.0341. The van der Waals surface area contributed by atoms with E-state index in [-0.39, 0.29) is 38.0 Å². The number of carbonyl (C=O) groups excluding carboxylic acids is 2. The predicted octanol–water partition coefficient (Wildman–Crippen LogP) is 4.20. The highest BCUT2D eigenvalue weighted by molar-refractivity contribution is 7.89. The molecular formula is C21H26Cl2N4O5S. The first kappa shape index (κ1) is 25.5. The quantitative estimate of drug-likeness (QED) is 0.552. The Balaban J connectivity index is 1.95. The summed E-state index contributed by atoms with van der Waals surface area (Å²) in [4.78, 5) is 25.3. The van der Waals surface area contributed by atoms with Crippen molar-refractivity contribution in [3.05, 3.63) is 39.6 Å². The molecule has 0 saturated carbocycles. The number of hydrogen-bond donors (Lipinski definition) is 1. The van der Waals surface area contributed by atoms with Gasteiger partial charge in [0, 0.05) is 25.8 Å². The van der Waals surface area contributed by atoms with Gasteiger partial charge in [0.1, 0.15) is 4.90 Å². The zero-order valence-corrected chi connectivity index (χ0v) is 20.9. The molecule has 0 aliphatic carbocycles. The molecule has 1 N–H and O–H groups in total. The largest absolute Gasteiger partial charge is 0.458 e. The van der Waals surface area contributed by atoms with Gasteiger partial charge in [-0.15, -0.1) is 0 Å². The molecule has 1 aliphatic heterocycles. The molecule has 0 radical (unpaired) electrons. The average molecular weight is 517 g/mol. The number of sulfonamides is 1. The topological polar surface area (TPSA) is 111 Å². The first-order valence-electron chi connectivity index (χ1n) is 10.6. The van der Waals surface area contributed by atoms with E-state index in [2.05, 4.69) is 10.4 Å². The summed E-state index contributed by atoms with van der Waals surface area (Å²) in [5.74, 6) is -1.40. The maximum atomic E-state index is 13.1. The maximum Gasteiger partial charge on any atom is 0.361 e. The Morgan fingerprint density at radius 2 is 1.82 bits per heavy atom. The lowest BCUT2D eigenvalue weighted by Crippen LogP contribution is -2.35. The number of aromatic nitrogens is 2. The molecule has 1 fully saturated rings. The van der Waals surface area contributed by atoms with E-state index in [4.69, 9.17) is 27.9 Å². The first-order valence-corrected chi connectivity index (χ1v) is 12.8. The van der Waals surface area contributed by atoms with Gasteiger partial charge in [0.2, 0.25) is 10.0 Å². The molecular weight excluding hydrogens is 491 g/mol. The van der Waals surface area contributed by atoms with Crippen LogP contribution >= 0.6 is 23.2 Å². The van der Waals surface area contributed by atoms with Gasteiger partial charge < -0.3 is 10.1 Å². The molecule has 0 bridgehead atoms. The third-order valence-corrected chi connectivity index (χ3v) is 7.75. The summed E-state index contributed by atoms with van der Waals surface area (Å²) < 4.78 is 34.3. The highest BCUT2D eigenvalue weighted by atomic mass is 35.5. The van der Waals surface area contributed by atoms with Crippen LogP contribution < -0.4 is 5.32 Å². The number of anilines is 1. The van der Waals surface area contributed by atoms with Gasteiger partial charge in [-0.2, -0.15) is 9.40 Å². The molecule has 9 nitrogen and oxygen atoms in total. The lowest BCUT2D eigenvalue weighted by Gasteiger charge is -2.26. The number of ether oxygens (including phenoxy) is 1. The molecule has 180 valence electrons. The van der Waals surface area contributed by atoms with Crippen LogP contribution in [0.4, 0.5) is 5.69 Å². The number of nitrogens with zero attached hydrogens (tertiary/aromatic N) is 3. The second-order valence-electron chi connectivity index (χ2n) is 7.88. The zero-order chi connectivity index (χ0) is 24.3. The van der Waals surface area contributed by atoms with Gasteiger partial charge in [0.25, 0.3) is 5.91 Å². The van der Waals surface area contributed by atoms with Crippen molar-refractivity contribution >= 4 is 50.8 Å². The van der Waals surface area contributed by atoms with Crippen LogP contribution in [0.15, 0.2) is 23.2 Å². The summed E-state index contributed by atoms with van der Waals surface area (Å²) in [5, 5.41) is 6.66. The van der Waals surface area contributed by atoms with E-state index >= 15 is 0 Å². The molecule has 1 aliphatic rings. The SMILES string of the molecule is CCn1cc(NC(=O)c2cc(S(=O)(=O)N3CCCCC3)c(Cl)cc2Cl)c(C(=O)OC(C)C)n1. The summed E-state index contributed by atoms with van der Waals surface area (Å²) in [6.45, 7) is 6.46. The van der Waals surface area contributed by atoms with Gasteiger partial charge in [-0.1, -0.05) is 29.6 Å². The summed E-state index contributed by atoms with van der Waals surface area (Å²) in [6.07, 6.45) is 3.59. The summed E-state index contributed by atoms with van der Waals surface area (Å²) in [6, 6.07) is 2.40. The second-order valence-corrected chi connectivity index (χ2v) is 10.6. The molecule has 0 unspecified atom stereocenters. The van der Waals surface area contributed by atoms with Crippen LogP contribution in [0.5, 0.6) is 0 Å². The summed E-state index contributed by atoms with van der Waals surface area (Å²) in [7, 11) is -3.90. The van der Waals surface area contributed by atoms with Crippen LogP contribution in [0, 0.1) is 0 Å². The Labute approximate surface area is 203 Å².